The van der Waals surface area contributed by atoms with E-state index in [9.17, 15) is 8.42 Å². The minimum absolute atomic E-state index is 0.0832. The standard InChI is InChI=1S/C5H5N5O3S/c6-3-2-4(8-1-7-2)10-5(9-3)14(11,12)13/h1H,(H,11,12,13)(H3,6,7,8,9,10). The zero-order valence-electron chi connectivity index (χ0n) is 6.67. The Morgan fingerprint density at radius 1 is 1.43 bits per heavy atom. The Bertz CT molecular complexity index is 588. The normalized spacial score (nSPS) is 12.1. The molecule has 0 atom stereocenters. The molecule has 2 rings (SSSR count). The Morgan fingerprint density at radius 2 is 2.14 bits per heavy atom. The highest BCUT2D eigenvalue weighted by molar-refractivity contribution is 7.85. The quantitative estimate of drug-likeness (QED) is 0.417. The van der Waals surface area contributed by atoms with E-state index in [1.54, 1.807) is 0 Å². The van der Waals surface area contributed by atoms with Gasteiger partial charge in [0, 0.05) is 0 Å². The molecule has 2 heterocycles. The fourth-order valence-corrected chi connectivity index (χ4v) is 1.37. The van der Waals surface area contributed by atoms with Crippen LogP contribution in [0, 0.1) is 0 Å². The second kappa shape index (κ2) is 2.62. The molecule has 0 aliphatic rings. The van der Waals surface area contributed by atoms with Crippen molar-refractivity contribution in [1.82, 2.24) is 19.9 Å². The molecule has 0 amide bonds. The second-order valence-electron chi connectivity index (χ2n) is 2.47. The van der Waals surface area contributed by atoms with Gasteiger partial charge in [-0.25, -0.2) is 4.98 Å². The van der Waals surface area contributed by atoms with Crippen LogP contribution in [-0.2, 0) is 10.1 Å². The Hall–Kier alpha value is -1.74. The molecular formula is C5H5N5O3S. The molecule has 0 saturated heterocycles. The lowest BCUT2D eigenvalue weighted by atomic mass is 10.5. The lowest BCUT2D eigenvalue weighted by Gasteiger charge is -1.97. The number of fused-ring (bicyclic) bond motifs is 1. The average Bonchev–Trinajstić information content (AvgIpc) is 2.50. The van der Waals surface area contributed by atoms with Crippen molar-refractivity contribution in [2.24, 2.45) is 0 Å². The Morgan fingerprint density at radius 3 is 2.79 bits per heavy atom. The molecule has 0 aliphatic carbocycles. The van der Waals surface area contributed by atoms with E-state index in [0.29, 0.717) is 5.52 Å². The van der Waals surface area contributed by atoms with Gasteiger partial charge >= 0.3 is 10.1 Å². The number of H-pyrrole nitrogens is 1. The van der Waals surface area contributed by atoms with Gasteiger partial charge in [0.15, 0.2) is 11.5 Å². The predicted molar refractivity (Wildman–Crippen MR) is 45.9 cm³/mol. The maximum Gasteiger partial charge on any atom is 0.330 e. The van der Waals surface area contributed by atoms with Crippen molar-refractivity contribution in [3.8, 4) is 0 Å². The number of nitrogens with two attached hydrogens (primary N) is 1. The molecule has 4 N–H and O–H groups in total. The second-order valence-corrected chi connectivity index (χ2v) is 3.78. The van der Waals surface area contributed by atoms with Crippen LogP contribution >= 0.6 is 0 Å². The third-order valence-corrected chi connectivity index (χ3v) is 2.17. The number of aromatic nitrogens is 4. The molecule has 0 radical (unpaired) electrons. The van der Waals surface area contributed by atoms with E-state index in [1.165, 1.54) is 6.33 Å². The van der Waals surface area contributed by atoms with E-state index in [0.717, 1.165) is 0 Å². The van der Waals surface area contributed by atoms with Crippen molar-refractivity contribution in [3.63, 3.8) is 0 Å². The summed E-state index contributed by atoms with van der Waals surface area (Å²) in [6.45, 7) is 0. The molecular weight excluding hydrogens is 210 g/mol. The number of nitrogen functional groups attached to an aromatic ring is 1. The van der Waals surface area contributed by atoms with Gasteiger partial charge in [-0.15, -0.1) is 0 Å². The molecule has 0 unspecified atom stereocenters. The van der Waals surface area contributed by atoms with Crippen molar-refractivity contribution in [2.45, 2.75) is 5.16 Å². The minimum atomic E-state index is -4.45. The molecule has 0 aliphatic heterocycles. The molecule has 2 aromatic heterocycles. The highest BCUT2D eigenvalue weighted by Gasteiger charge is 2.17. The molecule has 9 heteroatoms. The van der Waals surface area contributed by atoms with Crippen LogP contribution in [-0.4, -0.2) is 32.9 Å². The number of rotatable bonds is 1. The zero-order valence-corrected chi connectivity index (χ0v) is 7.48. The summed E-state index contributed by atoms with van der Waals surface area (Å²) in [5.41, 5.74) is 5.82. The number of imidazole rings is 1. The van der Waals surface area contributed by atoms with Crippen molar-refractivity contribution < 1.29 is 13.0 Å². The number of nitrogens with zero attached hydrogens (tertiary/aromatic N) is 3. The first kappa shape index (κ1) is 8.84. The van der Waals surface area contributed by atoms with Gasteiger partial charge in [-0.2, -0.15) is 18.4 Å². The van der Waals surface area contributed by atoms with Gasteiger partial charge in [-0.1, -0.05) is 0 Å². The third-order valence-electron chi connectivity index (χ3n) is 1.52. The first-order valence-electron chi connectivity index (χ1n) is 3.42. The first-order chi connectivity index (χ1) is 6.48. The summed E-state index contributed by atoms with van der Waals surface area (Å²) in [5.74, 6) is -0.0832. The lowest BCUT2D eigenvalue weighted by molar-refractivity contribution is 0.475. The van der Waals surface area contributed by atoms with E-state index in [-0.39, 0.29) is 11.5 Å². The Kier molecular flexibility index (Phi) is 1.66. The number of hydrogen-bond donors (Lipinski definition) is 3. The largest absolute Gasteiger partial charge is 0.382 e. The highest BCUT2D eigenvalue weighted by Crippen LogP contribution is 2.14. The van der Waals surface area contributed by atoms with E-state index in [1.807, 2.05) is 0 Å². The minimum Gasteiger partial charge on any atom is -0.382 e. The zero-order chi connectivity index (χ0) is 10.3. The van der Waals surface area contributed by atoms with Crippen molar-refractivity contribution in [3.05, 3.63) is 6.33 Å². The summed E-state index contributed by atoms with van der Waals surface area (Å²) in [5, 5.41) is -0.755. The predicted octanol–water partition coefficient (Wildman–Crippen LogP) is -0.818. The molecule has 0 aromatic carbocycles. The van der Waals surface area contributed by atoms with Gasteiger partial charge in [-0.05, 0) is 0 Å². The third kappa shape index (κ3) is 1.28. The Labute approximate surface area is 77.9 Å². The molecule has 74 valence electrons. The first-order valence-corrected chi connectivity index (χ1v) is 4.86. The molecule has 0 spiro atoms. The lowest BCUT2D eigenvalue weighted by Crippen LogP contribution is -2.07. The topological polar surface area (TPSA) is 135 Å². The maximum absolute atomic E-state index is 10.7. The Balaban J connectivity index is 2.83. The summed E-state index contributed by atoms with van der Waals surface area (Å²) in [7, 11) is -4.45. The monoisotopic (exact) mass is 215 g/mol. The van der Waals surface area contributed by atoms with Gasteiger partial charge in [0.1, 0.15) is 5.52 Å². The van der Waals surface area contributed by atoms with Crippen LogP contribution in [0.3, 0.4) is 0 Å². The smallest absolute Gasteiger partial charge is 0.330 e. The van der Waals surface area contributed by atoms with Crippen LogP contribution in [0.5, 0.6) is 0 Å². The number of hydrogen-bond acceptors (Lipinski definition) is 6. The molecule has 2 aromatic rings. The number of anilines is 1. The van der Waals surface area contributed by atoms with Crippen LogP contribution in [0.15, 0.2) is 11.5 Å². The number of aromatic amines is 1. The number of nitrogens with one attached hydrogen (secondary N) is 1. The van der Waals surface area contributed by atoms with Crippen LogP contribution in [0.1, 0.15) is 0 Å². The summed E-state index contributed by atoms with van der Waals surface area (Å²) in [6, 6.07) is 0. The summed E-state index contributed by atoms with van der Waals surface area (Å²) < 4.78 is 30.0. The van der Waals surface area contributed by atoms with Gasteiger partial charge in [-0.3, -0.25) is 4.55 Å². The molecule has 14 heavy (non-hydrogen) atoms. The molecule has 0 bridgehead atoms. The van der Waals surface area contributed by atoms with Crippen molar-refractivity contribution in [2.75, 3.05) is 5.73 Å². The van der Waals surface area contributed by atoms with Gasteiger partial charge in [0.2, 0.25) is 0 Å². The van der Waals surface area contributed by atoms with Crippen LogP contribution < -0.4 is 5.73 Å². The fourth-order valence-electron chi connectivity index (χ4n) is 0.950. The summed E-state index contributed by atoms with van der Waals surface area (Å²) in [4.78, 5) is 13.2. The average molecular weight is 215 g/mol. The highest BCUT2D eigenvalue weighted by atomic mass is 32.2. The van der Waals surface area contributed by atoms with Crippen LogP contribution in [0.2, 0.25) is 0 Å². The van der Waals surface area contributed by atoms with Crippen LogP contribution in [0.4, 0.5) is 5.82 Å². The fraction of sp³-hybridized carbons (Fsp3) is 0. The SMILES string of the molecule is Nc1nc(S(=O)(=O)O)nc2nc[nH]c12. The van der Waals surface area contributed by atoms with Crippen LogP contribution in [0.25, 0.3) is 11.2 Å². The summed E-state index contributed by atoms with van der Waals surface area (Å²) >= 11 is 0. The molecule has 0 saturated carbocycles. The maximum atomic E-state index is 10.7. The van der Waals surface area contributed by atoms with Gasteiger partial charge in [0.25, 0.3) is 5.16 Å². The molecule has 0 fully saturated rings. The van der Waals surface area contributed by atoms with E-state index >= 15 is 0 Å². The van der Waals surface area contributed by atoms with Crippen molar-refractivity contribution in [1.29, 1.82) is 0 Å². The summed E-state index contributed by atoms with van der Waals surface area (Å²) in [6.07, 6.45) is 1.30. The van der Waals surface area contributed by atoms with E-state index in [4.69, 9.17) is 10.3 Å². The van der Waals surface area contributed by atoms with Crippen molar-refractivity contribution >= 4 is 27.1 Å². The van der Waals surface area contributed by atoms with Gasteiger partial charge in [0.05, 0.1) is 6.33 Å². The van der Waals surface area contributed by atoms with E-state index < -0.39 is 15.3 Å². The van der Waals surface area contributed by atoms with Gasteiger partial charge < -0.3 is 10.7 Å². The van der Waals surface area contributed by atoms with E-state index in [2.05, 4.69) is 19.9 Å². The molecule has 8 nitrogen and oxygen atoms in total.